The molecule has 0 aliphatic carbocycles. The van der Waals surface area contributed by atoms with Gasteiger partial charge in [-0.1, -0.05) is 24.3 Å². The highest BCUT2D eigenvalue weighted by Crippen LogP contribution is 2.31. The van der Waals surface area contributed by atoms with Gasteiger partial charge in [0.15, 0.2) is 0 Å². The zero-order valence-corrected chi connectivity index (χ0v) is 15.0. The van der Waals surface area contributed by atoms with Crippen LogP contribution in [0.1, 0.15) is 23.0 Å². The summed E-state index contributed by atoms with van der Waals surface area (Å²) in [5, 5.41) is 17.4. The van der Waals surface area contributed by atoms with E-state index in [-0.39, 0.29) is 18.1 Å². The smallest absolute Gasteiger partial charge is 0.416 e. The number of halogens is 3. The maximum atomic E-state index is 12.9. The first kappa shape index (κ1) is 18.9. The van der Waals surface area contributed by atoms with E-state index in [2.05, 4.69) is 20.2 Å². The Morgan fingerprint density at radius 2 is 1.90 bits per heavy atom. The molecule has 0 aliphatic rings. The molecule has 2 heterocycles. The van der Waals surface area contributed by atoms with Gasteiger partial charge in [0.1, 0.15) is 5.82 Å². The van der Waals surface area contributed by atoms with Crippen LogP contribution in [0.15, 0.2) is 54.9 Å². The van der Waals surface area contributed by atoms with Gasteiger partial charge >= 0.3 is 6.18 Å². The summed E-state index contributed by atoms with van der Waals surface area (Å²) in [5.41, 5.74) is 7.95. The standard InChI is InChI=1S/C20H16F3N5O/c21-20(22,23)14-3-1-2-11(6-14)7-16(24)18-27-17-5-4-12(13-9-25-26-10-13)8-15(17)19(29)28-18/h1-6,8-10,16H,7,24H2,(H,25,26)(H,27,28,29)/t16-/m1/s1. The fourth-order valence-electron chi connectivity index (χ4n) is 3.10. The first-order valence-electron chi connectivity index (χ1n) is 8.73. The molecule has 6 nitrogen and oxygen atoms in total. The normalized spacial score (nSPS) is 13.0. The molecule has 4 N–H and O–H groups in total. The van der Waals surface area contributed by atoms with E-state index in [1.165, 1.54) is 6.07 Å². The van der Waals surface area contributed by atoms with Crippen LogP contribution in [0.4, 0.5) is 13.2 Å². The fraction of sp³-hybridized carbons (Fsp3) is 0.150. The number of hydrogen-bond acceptors (Lipinski definition) is 5. The first-order chi connectivity index (χ1) is 13.8. The van der Waals surface area contributed by atoms with Crippen molar-refractivity contribution in [3.8, 4) is 17.0 Å². The molecule has 4 aromatic rings. The molecule has 4 rings (SSSR count). The van der Waals surface area contributed by atoms with Crippen LogP contribution in [0.25, 0.3) is 22.0 Å². The number of benzene rings is 2. The van der Waals surface area contributed by atoms with E-state index in [1.807, 2.05) is 6.07 Å². The monoisotopic (exact) mass is 399 g/mol. The molecule has 2 aromatic carbocycles. The number of rotatable bonds is 4. The Labute approximate surface area is 163 Å². The minimum Gasteiger partial charge on any atom is -0.493 e. The van der Waals surface area contributed by atoms with E-state index in [4.69, 9.17) is 5.73 Å². The lowest BCUT2D eigenvalue weighted by molar-refractivity contribution is -0.137. The van der Waals surface area contributed by atoms with E-state index >= 15 is 0 Å². The Balaban J connectivity index is 1.63. The minimum absolute atomic E-state index is 0.0992. The number of aromatic amines is 1. The maximum absolute atomic E-state index is 12.9. The lowest BCUT2D eigenvalue weighted by atomic mass is 10.0. The Bertz CT molecular complexity index is 1160. The predicted octanol–water partition coefficient (Wildman–Crippen LogP) is 3.99. The highest BCUT2D eigenvalue weighted by Gasteiger charge is 2.30. The van der Waals surface area contributed by atoms with Crippen LogP contribution < -0.4 is 5.73 Å². The van der Waals surface area contributed by atoms with Crippen LogP contribution in [-0.2, 0) is 12.6 Å². The molecule has 0 aliphatic heterocycles. The van der Waals surface area contributed by atoms with Crippen molar-refractivity contribution in [3.63, 3.8) is 0 Å². The largest absolute Gasteiger partial charge is 0.493 e. The number of nitrogens with two attached hydrogens (primary N) is 1. The highest BCUT2D eigenvalue weighted by atomic mass is 19.4. The van der Waals surface area contributed by atoms with Gasteiger partial charge in [-0.2, -0.15) is 23.3 Å². The van der Waals surface area contributed by atoms with Crippen LogP contribution >= 0.6 is 0 Å². The van der Waals surface area contributed by atoms with Gasteiger partial charge in [-0.05, 0) is 35.7 Å². The lowest BCUT2D eigenvalue weighted by Crippen LogP contribution is -2.17. The maximum Gasteiger partial charge on any atom is 0.416 e. The van der Waals surface area contributed by atoms with Gasteiger partial charge in [-0.15, -0.1) is 0 Å². The molecule has 0 radical (unpaired) electrons. The summed E-state index contributed by atoms with van der Waals surface area (Å²) >= 11 is 0. The highest BCUT2D eigenvalue weighted by molar-refractivity contribution is 5.87. The molecule has 0 saturated carbocycles. The molecule has 1 atom stereocenters. The predicted molar refractivity (Wildman–Crippen MR) is 101 cm³/mol. The third kappa shape index (κ3) is 3.90. The van der Waals surface area contributed by atoms with Crippen LogP contribution in [-0.4, -0.2) is 25.3 Å². The summed E-state index contributed by atoms with van der Waals surface area (Å²) in [6.07, 6.45) is -0.955. The Hall–Kier alpha value is -3.46. The van der Waals surface area contributed by atoms with Crippen molar-refractivity contribution in [2.45, 2.75) is 18.6 Å². The van der Waals surface area contributed by atoms with Crippen LogP contribution in [0.3, 0.4) is 0 Å². The summed E-state index contributed by atoms with van der Waals surface area (Å²) in [6.45, 7) is 0. The van der Waals surface area contributed by atoms with Crippen LogP contribution in [0.5, 0.6) is 5.88 Å². The van der Waals surface area contributed by atoms with Crippen molar-refractivity contribution < 1.29 is 18.3 Å². The van der Waals surface area contributed by atoms with Gasteiger partial charge < -0.3 is 10.8 Å². The van der Waals surface area contributed by atoms with Crippen LogP contribution in [0, 0.1) is 0 Å². The molecule has 29 heavy (non-hydrogen) atoms. The Kier molecular flexibility index (Phi) is 4.67. The minimum atomic E-state index is -4.43. The van der Waals surface area contributed by atoms with Crippen molar-refractivity contribution in [1.82, 2.24) is 20.2 Å². The molecule has 0 amide bonds. The molecule has 148 valence electrons. The first-order valence-corrected chi connectivity index (χ1v) is 8.73. The molecule has 2 aromatic heterocycles. The Morgan fingerprint density at radius 1 is 1.07 bits per heavy atom. The van der Waals surface area contributed by atoms with Gasteiger partial charge in [-0.3, -0.25) is 5.10 Å². The lowest BCUT2D eigenvalue weighted by Gasteiger charge is -2.14. The van der Waals surface area contributed by atoms with Gasteiger partial charge in [0.05, 0.1) is 28.7 Å². The second-order valence-electron chi connectivity index (χ2n) is 6.63. The van der Waals surface area contributed by atoms with Crippen molar-refractivity contribution in [1.29, 1.82) is 0 Å². The van der Waals surface area contributed by atoms with Gasteiger partial charge in [0.25, 0.3) is 0 Å². The SMILES string of the molecule is N[C@H](Cc1cccc(C(F)(F)F)c1)c1nc(O)c2cc(-c3cn[nH]c3)ccc2n1. The molecular weight excluding hydrogens is 383 g/mol. The third-order valence-electron chi connectivity index (χ3n) is 4.57. The number of nitrogens with zero attached hydrogens (tertiary/aromatic N) is 3. The van der Waals surface area contributed by atoms with E-state index in [1.54, 1.807) is 30.6 Å². The zero-order chi connectivity index (χ0) is 20.6. The Morgan fingerprint density at radius 3 is 2.62 bits per heavy atom. The van der Waals surface area contributed by atoms with Gasteiger partial charge in [-0.25, -0.2) is 4.98 Å². The number of aromatic nitrogens is 4. The van der Waals surface area contributed by atoms with Crippen molar-refractivity contribution in [2.24, 2.45) is 5.73 Å². The average Bonchev–Trinajstić information content (AvgIpc) is 3.22. The number of aromatic hydroxyl groups is 1. The fourth-order valence-corrected chi connectivity index (χ4v) is 3.10. The molecule has 0 fully saturated rings. The summed E-state index contributed by atoms with van der Waals surface area (Å²) in [7, 11) is 0. The third-order valence-corrected chi connectivity index (χ3v) is 4.57. The summed E-state index contributed by atoms with van der Waals surface area (Å²) in [4.78, 5) is 8.45. The summed E-state index contributed by atoms with van der Waals surface area (Å²) in [5.74, 6) is -0.0849. The van der Waals surface area contributed by atoms with E-state index < -0.39 is 17.8 Å². The van der Waals surface area contributed by atoms with E-state index in [0.29, 0.717) is 16.5 Å². The number of nitrogens with one attached hydrogen (secondary N) is 1. The number of H-pyrrole nitrogens is 1. The summed E-state index contributed by atoms with van der Waals surface area (Å²) < 4.78 is 38.7. The zero-order valence-electron chi connectivity index (χ0n) is 15.0. The summed E-state index contributed by atoms with van der Waals surface area (Å²) in [6, 6.07) is 9.46. The molecule has 0 spiro atoms. The molecule has 0 bridgehead atoms. The van der Waals surface area contributed by atoms with E-state index in [9.17, 15) is 18.3 Å². The second-order valence-corrected chi connectivity index (χ2v) is 6.63. The average molecular weight is 399 g/mol. The van der Waals surface area contributed by atoms with Gasteiger partial charge in [0.2, 0.25) is 5.88 Å². The topological polar surface area (TPSA) is 101 Å². The molecule has 0 unspecified atom stereocenters. The molecular formula is C20H16F3N5O. The van der Waals surface area contributed by atoms with E-state index in [0.717, 1.165) is 23.3 Å². The van der Waals surface area contributed by atoms with Gasteiger partial charge in [0, 0.05) is 11.8 Å². The molecule has 0 saturated heterocycles. The van der Waals surface area contributed by atoms with Crippen molar-refractivity contribution in [3.05, 3.63) is 71.8 Å². The quantitative estimate of drug-likeness (QED) is 0.482. The van der Waals surface area contributed by atoms with Crippen molar-refractivity contribution in [2.75, 3.05) is 0 Å². The number of fused-ring (bicyclic) bond motifs is 1. The van der Waals surface area contributed by atoms with Crippen LogP contribution in [0.2, 0.25) is 0 Å². The molecule has 9 heteroatoms. The number of alkyl halides is 3. The number of hydrogen-bond donors (Lipinski definition) is 3. The second kappa shape index (κ2) is 7.17. The van der Waals surface area contributed by atoms with Crippen molar-refractivity contribution >= 4 is 10.9 Å².